The van der Waals surface area contributed by atoms with E-state index in [4.69, 9.17) is 0 Å². The molecule has 0 amide bonds. The van der Waals surface area contributed by atoms with E-state index in [0.29, 0.717) is 38.5 Å². The van der Waals surface area contributed by atoms with Crippen LogP contribution in [-0.2, 0) is 14.4 Å². The summed E-state index contributed by atoms with van der Waals surface area (Å²) in [5.41, 5.74) is 0.0252. The van der Waals surface area contributed by atoms with Crippen molar-refractivity contribution < 1.29 is 14.4 Å². The van der Waals surface area contributed by atoms with Gasteiger partial charge in [0.05, 0.1) is 5.41 Å². The summed E-state index contributed by atoms with van der Waals surface area (Å²) >= 11 is 0. The van der Waals surface area contributed by atoms with E-state index in [-0.39, 0.29) is 23.3 Å². The van der Waals surface area contributed by atoms with Crippen molar-refractivity contribution in [1.29, 1.82) is 0 Å². The molecule has 2 saturated carbocycles. The molecule has 0 aliphatic heterocycles. The Hall–Kier alpha value is -1.77. The van der Waals surface area contributed by atoms with Gasteiger partial charge in [-0.25, -0.2) is 0 Å². The van der Waals surface area contributed by atoms with Crippen molar-refractivity contribution in [2.45, 2.75) is 44.4 Å². The second kappa shape index (κ2) is 4.97. The van der Waals surface area contributed by atoms with E-state index in [0.717, 1.165) is 5.56 Å². The van der Waals surface area contributed by atoms with Gasteiger partial charge in [-0.2, -0.15) is 0 Å². The highest BCUT2D eigenvalue weighted by molar-refractivity contribution is 6.11. The lowest BCUT2D eigenvalue weighted by Crippen LogP contribution is -2.50. The molecule has 3 nitrogen and oxygen atoms in total. The van der Waals surface area contributed by atoms with Crippen LogP contribution in [0.2, 0.25) is 0 Å². The van der Waals surface area contributed by atoms with Gasteiger partial charge in [0.2, 0.25) is 0 Å². The minimum Gasteiger partial charge on any atom is -0.300 e. The number of ketones is 3. The van der Waals surface area contributed by atoms with Crippen LogP contribution < -0.4 is 0 Å². The average molecular weight is 270 g/mol. The topological polar surface area (TPSA) is 51.2 Å². The summed E-state index contributed by atoms with van der Waals surface area (Å²) in [5.74, 6) is 0.00566. The quantitative estimate of drug-likeness (QED) is 0.737. The Balaban J connectivity index is 2.08. The van der Waals surface area contributed by atoms with E-state index in [1.165, 1.54) is 0 Å². The molecular formula is C17H18O3. The van der Waals surface area contributed by atoms with Crippen molar-refractivity contribution >= 4 is 17.3 Å². The maximum Gasteiger partial charge on any atom is 0.147 e. The Morgan fingerprint density at radius 2 is 1.55 bits per heavy atom. The van der Waals surface area contributed by atoms with Crippen LogP contribution in [0.4, 0.5) is 0 Å². The maximum absolute atomic E-state index is 12.5. The molecule has 0 bridgehead atoms. The number of carbonyl (C=O) groups is 3. The minimum atomic E-state index is -0.923. The molecule has 0 aromatic heterocycles. The number of rotatable bonds is 1. The van der Waals surface area contributed by atoms with Crippen LogP contribution in [0.3, 0.4) is 0 Å². The van der Waals surface area contributed by atoms with Crippen molar-refractivity contribution in [2.75, 3.05) is 0 Å². The van der Waals surface area contributed by atoms with Gasteiger partial charge < -0.3 is 0 Å². The zero-order valence-corrected chi connectivity index (χ0v) is 11.4. The van der Waals surface area contributed by atoms with Crippen molar-refractivity contribution in [3.05, 3.63) is 35.9 Å². The molecular weight excluding hydrogens is 252 g/mol. The Kier molecular flexibility index (Phi) is 3.28. The van der Waals surface area contributed by atoms with Gasteiger partial charge in [-0.05, 0) is 18.4 Å². The van der Waals surface area contributed by atoms with Gasteiger partial charge in [0.15, 0.2) is 0 Å². The first-order valence-electron chi connectivity index (χ1n) is 7.28. The van der Waals surface area contributed by atoms with Gasteiger partial charge in [0.1, 0.15) is 17.3 Å². The van der Waals surface area contributed by atoms with E-state index in [1.807, 2.05) is 30.3 Å². The highest BCUT2D eigenvalue weighted by Crippen LogP contribution is 2.50. The molecule has 1 aromatic rings. The van der Waals surface area contributed by atoms with Crippen LogP contribution in [0.1, 0.15) is 50.0 Å². The number of Topliss-reactive ketones (excluding diaryl/α,β-unsaturated/α-hetero) is 3. The summed E-state index contributed by atoms with van der Waals surface area (Å²) in [6, 6.07) is 9.57. The fourth-order valence-electron chi connectivity index (χ4n) is 3.78. The van der Waals surface area contributed by atoms with Gasteiger partial charge in [-0.3, -0.25) is 14.4 Å². The Morgan fingerprint density at radius 3 is 2.20 bits per heavy atom. The predicted octanol–water partition coefficient (Wildman–Crippen LogP) is 2.83. The molecule has 20 heavy (non-hydrogen) atoms. The highest BCUT2D eigenvalue weighted by atomic mass is 16.2. The molecule has 0 N–H and O–H groups in total. The molecule has 1 unspecified atom stereocenters. The largest absolute Gasteiger partial charge is 0.300 e. The van der Waals surface area contributed by atoms with Crippen molar-refractivity contribution in [3.8, 4) is 0 Å². The SMILES string of the molecule is O=C1CCC2(C(=O)CCCC2=O)C(c2ccccc2)C1. The molecule has 3 rings (SSSR count). The summed E-state index contributed by atoms with van der Waals surface area (Å²) < 4.78 is 0. The second-order valence-corrected chi connectivity index (χ2v) is 5.88. The van der Waals surface area contributed by atoms with Crippen LogP contribution >= 0.6 is 0 Å². The zero-order chi connectivity index (χ0) is 14.2. The van der Waals surface area contributed by atoms with E-state index in [1.54, 1.807) is 0 Å². The third-order valence-electron chi connectivity index (χ3n) is 4.83. The van der Waals surface area contributed by atoms with Crippen LogP contribution in [0.15, 0.2) is 30.3 Å². The molecule has 2 fully saturated rings. The van der Waals surface area contributed by atoms with Crippen LogP contribution in [-0.4, -0.2) is 17.3 Å². The average Bonchev–Trinajstić information content (AvgIpc) is 2.47. The van der Waals surface area contributed by atoms with E-state index in [9.17, 15) is 14.4 Å². The van der Waals surface area contributed by atoms with Crippen LogP contribution in [0.5, 0.6) is 0 Å². The second-order valence-electron chi connectivity index (χ2n) is 5.88. The molecule has 1 spiro atoms. The van der Waals surface area contributed by atoms with Gasteiger partial charge >= 0.3 is 0 Å². The first-order chi connectivity index (χ1) is 9.64. The van der Waals surface area contributed by atoms with E-state index < -0.39 is 5.41 Å². The number of hydrogen-bond donors (Lipinski definition) is 0. The van der Waals surface area contributed by atoms with Crippen LogP contribution in [0, 0.1) is 5.41 Å². The Labute approximate surface area is 118 Å². The standard InChI is InChI=1S/C17H18O3/c18-13-9-10-17(15(19)7-4-8-16(17)20)14(11-13)12-5-2-1-3-6-12/h1-3,5-6,14H,4,7-11H2. The Bertz CT molecular complexity index is 543. The van der Waals surface area contributed by atoms with Gasteiger partial charge in [0, 0.05) is 31.6 Å². The number of hydrogen-bond acceptors (Lipinski definition) is 3. The molecule has 1 aromatic carbocycles. The molecule has 2 aliphatic rings. The van der Waals surface area contributed by atoms with Gasteiger partial charge in [-0.15, -0.1) is 0 Å². The van der Waals surface area contributed by atoms with Gasteiger partial charge in [0.25, 0.3) is 0 Å². The lowest BCUT2D eigenvalue weighted by atomic mass is 9.56. The molecule has 0 saturated heterocycles. The fraction of sp³-hybridized carbons (Fsp3) is 0.471. The lowest BCUT2D eigenvalue weighted by molar-refractivity contribution is -0.149. The third-order valence-corrected chi connectivity index (χ3v) is 4.83. The number of carbonyl (C=O) groups excluding carboxylic acids is 3. The first kappa shape index (κ1) is 13.2. The maximum atomic E-state index is 12.5. The molecule has 2 aliphatic carbocycles. The summed E-state index contributed by atoms with van der Waals surface area (Å²) in [4.78, 5) is 36.9. The molecule has 104 valence electrons. The first-order valence-corrected chi connectivity index (χ1v) is 7.28. The third kappa shape index (κ3) is 1.92. The molecule has 0 heterocycles. The summed E-state index contributed by atoms with van der Waals surface area (Å²) in [5, 5.41) is 0. The normalized spacial score (nSPS) is 26.0. The van der Waals surface area contributed by atoms with Crippen molar-refractivity contribution in [3.63, 3.8) is 0 Å². The zero-order valence-electron chi connectivity index (χ0n) is 11.4. The smallest absolute Gasteiger partial charge is 0.147 e. The van der Waals surface area contributed by atoms with Crippen LogP contribution in [0.25, 0.3) is 0 Å². The summed E-state index contributed by atoms with van der Waals surface area (Å²) in [6.07, 6.45) is 2.70. The molecule has 1 atom stereocenters. The molecule has 3 heteroatoms. The summed E-state index contributed by atoms with van der Waals surface area (Å²) in [6.45, 7) is 0. The van der Waals surface area contributed by atoms with E-state index in [2.05, 4.69) is 0 Å². The van der Waals surface area contributed by atoms with Crippen molar-refractivity contribution in [2.24, 2.45) is 5.41 Å². The minimum absolute atomic E-state index is 0.0510. The summed E-state index contributed by atoms with van der Waals surface area (Å²) in [7, 11) is 0. The predicted molar refractivity (Wildman–Crippen MR) is 74.3 cm³/mol. The fourth-order valence-corrected chi connectivity index (χ4v) is 3.78. The monoisotopic (exact) mass is 270 g/mol. The lowest BCUT2D eigenvalue weighted by Gasteiger charge is -2.43. The number of benzene rings is 1. The van der Waals surface area contributed by atoms with Crippen molar-refractivity contribution in [1.82, 2.24) is 0 Å². The van der Waals surface area contributed by atoms with Gasteiger partial charge in [-0.1, -0.05) is 30.3 Å². The Morgan fingerprint density at radius 1 is 0.900 bits per heavy atom. The van der Waals surface area contributed by atoms with E-state index >= 15 is 0 Å². The highest BCUT2D eigenvalue weighted by Gasteiger charge is 2.54. The molecule has 0 radical (unpaired) electrons.